The number of hydrogen-bond acceptors (Lipinski definition) is 1. The van der Waals surface area contributed by atoms with Crippen molar-refractivity contribution >= 4 is 0 Å². The summed E-state index contributed by atoms with van der Waals surface area (Å²) in [6.45, 7) is 9.07. The number of rotatable bonds is 0. The highest BCUT2D eigenvalue weighted by Crippen LogP contribution is 2.59. The molecule has 0 unspecified atom stereocenters. The molecule has 0 spiro atoms. The van der Waals surface area contributed by atoms with Gasteiger partial charge in [-0.05, 0) is 31.6 Å². The van der Waals surface area contributed by atoms with Crippen molar-refractivity contribution in [2.24, 2.45) is 11.8 Å². The Hall–Kier alpha value is -0.300. The van der Waals surface area contributed by atoms with Crippen molar-refractivity contribution in [3.05, 3.63) is 12.2 Å². The van der Waals surface area contributed by atoms with Crippen LogP contribution in [0.15, 0.2) is 12.2 Å². The molecule has 60 valence electrons. The summed E-state index contributed by atoms with van der Waals surface area (Å²) in [7, 11) is 0. The summed E-state index contributed by atoms with van der Waals surface area (Å²) in [6.07, 6.45) is 2.77. The van der Waals surface area contributed by atoms with Gasteiger partial charge in [0.05, 0.1) is 0 Å². The molecule has 1 nitrogen and oxygen atoms in total. The second-order valence-electron chi connectivity index (χ2n) is 4.77. The number of nitrogens with zero attached hydrogens (tertiary/aromatic N) is 1. The van der Waals surface area contributed by atoms with E-state index in [4.69, 9.17) is 0 Å². The number of fused-ring (bicyclic) bond motifs is 3. The van der Waals surface area contributed by atoms with E-state index in [1.54, 1.807) is 0 Å². The molecule has 2 saturated heterocycles. The largest absolute Gasteiger partial charge is 0.293 e. The minimum Gasteiger partial charge on any atom is -0.293 e. The Bertz CT molecular complexity index is 233. The quantitative estimate of drug-likeness (QED) is 0.473. The minimum atomic E-state index is 0.543. The molecule has 0 radical (unpaired) electrons. The third-order valence-corrected chi connectivity index (χ3v) is 3.92. The summed E-state index contributed by atoms with van der Waals surface area (Å²) in [4.78, 5) is 2.65. The molecule has 11 heavy (non-hydrogen) atoms. The summed E-state index contributed by atoms with van der Waals surface area (Å²) in [6, 6.07) is 0. The van der Waals surface area contributed by atoms with Crippen LogP contribution >= 0.6 is 0 Å². The maximum absolute atomic E-state index is 4.09. The third kappa shape index (κ3) is 0.610. The average molecular weight is 149 g/mol. The standard InChI is InChI=1S/C10H15N/c1-7-4-10(2)9-3-8(9)6-11(10)5-7/h8-9H,1,3-6H2,2H3/t8-,9-,10+/m0/s1. The van der Waals surface area contributed by atoms with Crippen LogP contribution in [0.2, 0.25) is 0 Å². The predicted molar refractivity (Wildman–Crippen MR) is 45.3 cm³/mol. The van der Waals surface area contributed by atoms with E-state index in [0.29, 0.717) is 5.54 Å². The van der Waals surface area contributed by atoms with Crippen LogP contribution in [0.25, 0.3) is 0 Å². The SMILES string of the molecule is C=C1CN2C[C@@H]3C[C@@H]3[C@@]2(C)C1. The van der Waals surface area contributed by atoms with Crippen LogP contribution in [0.1, 0.15) is 19.8 Å². The molecule has 0 aromatic carbocycles. The van der Waals surface area contributed by atoms with Crippen molar-refractivity contribution in [2.45, 2.75) is 25.3 Å². The molecule has 3 aliphatic rings. The Kier molecular flexibility index (Phi) is 0.885. The molecule has 0 aromatic heterocycles. The molecule has 0 bridgehead atoms. The first-order chi connectivity index (χ1) is 5.20. The number of piperidine rings is 1. The zero-order valence-electron chi connectivity index (χ0n) is 7.14. The van der Waals surface area contributed by atoms with Gasteiger partial charge in [-0.2, -0.15) is 0 Å². The van der Waals surface area contributed by atoms with Gasteiger partial charge in [0.15, 0.2) is 0 Å². The molecule has 1 heteroatoms. The maximum atomic E-state index is 4.09. The Morgan fingerprint density at radius 2 is 2.45 bits per heavy atom. The zero-order valence-corrected chi connectivity index (χ0v) is 7.14. The lowest BCUT2D eigenvalue weighted by Gasteiger charge is -2.29. The van der Waals surface area contributed by atoms with Crippen molar-refractivity contribution < 1.29 is 0 Å². The maximum Gasteiger partial charge on any atom is 0.0253 e. The van der Waals surface area contributed by atoms with Gasteiger partial charge < -0.3 is 0 Å². The Balaban J connectivity index is 1.98. The molecular formula is C10H15N. The minimum absolute atomic E-state index is 0.543. The van der Waals surface area contributed by atoms with Gasteiger partial charge in [-0.1, -0.05) is 12.2 Å². The second-order valence-corrected chi connectivity index (χ2v) is 4.77. The van der Waals surface area contributed by atoms with E-state index in [0.717, 1.165) is 11.8 Å². The van der Waals surface area contributed by atoms with Crippen LogP contribution < -0.4 is 0 Å². The summed E-state index contributed by atoms with van der Waals surface area (Å²) in [5.41, 5.74) is 2.00. The van der Waals surface area contributed by atoms with Gasteiger partial charge in [-0.3, -0.25) is 4.90 Å². The highest BCUT2D eigenvalue weighted by Gasteiger charge is 2.61. The molecule has 1 aliphatic carbocycles. The summed E-state index contributed by atoms with van der Waals surface area (Å²) in [5, 5.41) is 0. The van der Waals surface area contributed by atoms with Crippen molar-refractivity contribution in [3.8, 4) is 0 Å². The van der Waals surface area contributed by atoms with Crippen molar-refractivity contribution in [1.29, 1.82) is 0 Å². The van der Waals surface area contributed by atoms with Crippen LogP contribution in [0.4, 0.5) is 0 Å². The normalized spacial score (nSPS) is 54.5. The Morgan fingerprint density at radius 3 is 3.18 bits per heavy atom. The fraction of sp³-hybridized carbons (Fsp3) is 0.800. The molecule has 2 heterocycles. The lowest BCUT2D eigenvalue weighted by Crippen LogP contribution is -2.38. The molecule has 1 saturated carbocycles. The van der Waals surface area contributed by atoms with Gasteiger partial charge in [-0.15, -0.1) is 0 Å². The van der Waals surface area contributed by atoms with Gasteiger partial charge >= 0.3 is 0 Å². The molecule has 0 amide bonds. The highest BCUT2D eigenvalue weighted by atomic mass is 15.3. The molecule has 0 aromatic rings. The van der Waals surface area contributed by atoms with Crippen LogP contribution in [-0.4, -0.2) is 23.5 Å². The van der Waals surface area contributed by atoms with Crippen LogP contribution in [0, 0.1) is 11.8 Å². The molecular weight excluding hydrogens is 134 g/mol. The lowest BCUT2D eigenvalue weighted by molar-refractivity contribution is 0.179. The Labute approximate surface area is 68.1 Å². The predicted octanol–water partition coefficient (Wildman–Crippen LogP) is 1.66. The van der Waals surface area contributed by atoms with E-state index in [2.05, 4.69) is 18.4 Å². The first kappa shape index (κ1) is 6.24. The first-order valence-electron chi connectivity index (χ1n) is 4.62. The van der Waals surface area contributed by atoms with Crippen LogP contribution in [0.5, 0.6) is 0 Å². The van der Waals surface area contributed by atoms with Crippen molar-refractivity contribution in [2.75, 3.05) is 13.1 Å². The third-order valence-electron chi connectivity index (χ3n) is 3.92. The van der Waals surface area contributed by atoms with Gasteiger partial charge in [0, 0.05) is 18.6 Å². The number of hydrogen-bond donors (Lipinski definition) is 0. The summed E-state index contributed by atoms with van der Waals surface area (Å²) < 4.78 is 0. The summed E-state index contributed by atoms with van der Waals surface area (Å²) in [5.74, 6) is 2.09. The van der Waals surface area contributed by atoms with Crippen molar-refractivity contribution in [1.82, 2.24) is 4.90 Å². The van der Waals surface area contributed by atoms with Crippen LogP contribution in [0.3, 0.4) is 0 Å². The fourth-order valence-corrected chi connectivity index (χ4v) is 3.26. The molecule has 3 rings (SSSR count). The van der Waals surface area contributed by atoms with E-state index in [9.17, 15) is 0 Å². The van der Waals surface area contributed by atoms with E-state index in [-0.39, 0.29) is 0 Å². The lowest BCUT2D eigenvalue weighted by atomic mass is 9.93. The monoisotopic (exact) mass is 149 g/mol. The second kappa shape index (κ2) is 1.56. The molecule has 3 atom stereocenters. The van der Waals surface area contributed by atoms with Gasteiger partial charge in [0.25, 0.3) is 0 Å². The van der Waals surface area contributed by atoms with Crippen LogP contribution in [-0.2, 0) is 0 Å². The highest BCUT2D eigenvalue weighted by molar-refractivity contribution is 5.24. The Morgan fingerprint density at radius 1 is 1.64 bits per heavy atom. The van der Waals surface area contributed by atoms with Gasteiger partial charge in [0.1, 0.15) is 0 Å². The first-order valence-corrected chi connectivity index (χ1v) is 4.62. The van der Waals surface area contributed by atoms with E-state index >= 15 is 0 Å². The van der Waals surface area contributed by atoms with Gasteiger partial charge in [-0.25, -0.2) is 0 Å². The van der Waals surface area contributed by atoms with E-state index < -0.39 is 0 Å². The van der Waals surface area contributed by atoms with E-state index in [1.165, 1.54) is 31.5 Å². The topological polar surface area (TPSA) is 3.24 Å². The molecule has 2 aliphatic heterocycles. The fourth-order valence-electron chi connectivity index (χ4n) is 3.26. The van der Waals surface area contributed by atoms with Gasteiger partial charge in [0.2, 0.25) is 0 Å². The van der Waals surface area contributed by atoms with Crippen molar-refractivity contribution in [3.63, 3.8) is 0 Å². The summed E-state index contributed by atoms with van der Waals surface area (Å²) >= 11 is 0. The van der Waals surface area contributed by atoms with E-state index in [1.807, 2.05) is 0 Å². The molecule has 3 fully saturated rings. The smallest absolute Gasteiger partial charge is 0.0253 e. The zero-order chi connectivity index (χ0) is 7.64. The average Bonchev–Trinajstić information content (AvgIpc) is 2.52. The molecule has 0 N–H and O–H groups in total.